The molecule has 0 fully saturated rings. The molecule has 70 valence electrons. The topological polar surface area (TPSA) is 46.3 Å². The smallest absolute Gasteiger partial charge is 0.161 e. The second-order valence-electron chi connectivity index (χ2n) is 3.23. The highest BCUT2D eigenvalue weighted by Gasteiger charge is 2.08. The minimum absolute atomic E-state index is 0.0590. The molecule has 3 nitrogen and oxygen atoms in total. The zero-order valence-corrected chi connectivity index (χ0v) is 8.16. The number of benzene rings is 1. The second kappa shape index (κ2) is 3.47. The van der Waals surface area contributed by atoms with E-state index in [2.05, 4.69) is 0 Å². The Balaban J connectivity index is 3.26. The highest BCUT2D eigenvalue weighted by Crippen LogP contribution is 2.21. The molecule has 1 aromatic rings. The summed E-state index contributed by atoms with van der Waals surface area (Å²) in [5.41, 5.74) is 7.88. The average Bonchev–Trinajstić information content (AvgIpc) is 2.03. The SMILES string of the molecule is CC(=O)c1ccc(N)cc1N(C)C. The molecule has 0 unspecified atom stereocenters. The fraction of sp³-hybridized carbons (Fsp3) is 0.300. The van der Waals surface area contributed by atoms with Crippen LogP contribution in [0, 0.1) is 0 Å². The van der Waals surface area contributed by atoms with E-state index < -0.39 is 0 Å². The summed E-state index contributed by atoms with van der Waals surface area (Å²) in [6.07, 6.45) is 0. The lowest BCUT2D eigenvalue weighted by molar-refractivity contribution is 0.101. The largest absolute Gasteiger partial charge is 0.399 e. The Labute approximate surface area is 78.2 Å². The summed E-state index contributed by atoms with van der Waals surface area (Å²) in [6, 6.07) is 5.30. The van der Waals surface area contributed by atoms with Gasteiger partial charge < -0.3 is 10.6 Å². The maximum Gasteiger partial charge on any atom is 0.161 e. The first-order valence-corrected chi connectivity index (χ1v) is 4.10. The van der Waals surface area contributed by atoms with Crippen LogP contribution in [0.2, 0.25) is 0 Å². The molecule has 0 saturated carbocycles. The van der Waals surface area contributed by atoms with Crippen LogP contribution in [-0.2, 0) is 0 Å². The van der Waals surface area contributed by atoms with Crippen molar-refractivity contribution in [1.29, 1.82) is 0 Å². The van der Waals surface area contributed by atoms with Crippen LogP contribution in [0.25, 0.3) is 0 Å². The van der Waals surface area contributed by atoms with Crippen molar-refractivity contribution in [3.05, 3.63) is 23.8 Å². The van der Waals surface area contributed by atoms with Crippen LogP contribution in [0.5, 0.6) is 0 Å². The van der Waals surface area contributed by atoms with Crippen LogP contribution in [0.4, 0.5) is 11.4 Å². The Morgan fingerprint density at radius 1 is 1.38 bits per heavy atom. The van der Waals surface area contributed by atoms with Gasteiger partial charge in [0.15, 0.2) is 5.78 Å². The van der Waals surface area contributed by atoms with Crippen LogP contribution >= 0.6 is 0 Å². The van der Waals surface area contributed by atoms with Gasteiger partial charge in [0, 0.05) is 31.0 Å². The van der Waals surface area contributed by atoms with Gasteiger partial charge in [-0.15, -0.1) is 0 Å². The number of nitrogens with zero attached hydrogens (tertiary/aromatic N) is 1. The van der Waals surface area contributed by atoms with E-state index in [1.165, 1.54) is 0 Å². The maximum absolute atomic E-state index is 11.2. The number of carbonyl (C=O) groups is 1. The van der Waals surface area contributed by atoms with E-state index in [-0.39, 0.29) is 5.78 Å². The van der Waals surface area contributed by atoms with Crippen molar-refractivity contribution in [2.24, 2.45) is 0 Å². The summed E-state index contributed by atoms with van der Waals surface area (Å²) in [5, 5.41) is 0. The Bertz CT molecular complexity index is 332. The van der Waals surface area contributed by atoms with Gasteiger partial charge in [-0.3, -0.25) is 4.79 Å². The minimum atomic E-state index is 0.0590. The highest BCUT2D eigenvalue weighted by atomic mass is 16.1. The number of carbonyl (C=O) groups excluding carboxylic acids is 1. The molecule has 0 aliphatic carbocycles. The molecule has 0 bridgehead atoms. The van der Waals surface area contributed by atoms with Gasteiger partial charge in [-0.25, -0.2) is 0 Å². The third kappa shape index (κ3) is 1.99. The van der Waals surface area contributed by atoms with E-state index in [9.17, 15) is 4.79 Å². The molecule has 0 atom stereocenters. The Morgan fingerprint density at radius 2 is 2.00 bits per heavy atom. The summed E-state index contributed by atoms with van der Waals surface area (Å²) in [6.45, 7) is 1.55. The zero-order chi connectivity index (χ0) is 10.0. The van der Waals surface area contributed by atoms with Crippen molar-refractivity contribution in [3.8, 4) is 0 Å². The van der Waals surface area contributed by atoms with Gasteiger partial charge in [-0.1, -0.05) is 0 Å². The molecule has 0 aliphatic rings. The van der Waals surface area contributed by atoms with E-state index >= 15 is 0 Å². The van der Waals surface area contributed by atoms with Gasteiger partial charge in [0.05, 0.1) is 0 Å². The number of hydrogen-bond acceptors (Lipinski definition) is 3. The summed E-state index contributed by atoms with van der Waals surface area (Å²) in [4.78, 5) is 13.1. The average molecular weight is 178 g/mol. The van der Waals surface area contributed by atoms with E-state index in [1.54, 1.807) is 25.1 Å². The number of Topliss-reactive ketones (excluding diaryl/α,β-unsaturated/α-hetero) is 1. The third-order valence-electron chi connectivity index (χ3n) is 1.88. The van der Waals surface area contributed by atoms with Crippen molar-refractivity contribution in [1.82, 2.24) is 0 Å². The number of anilines is 2. The molecular weight excluding hydrogens is 164 g/mol. The molecule has 0 radical (unpaired) electrons. The minimum Gasteiger partial charge on any atom is -0.399 e. The molecule has 3 heteroatoms. The van der Waals surface area contributed by atoms with Gasteiger partial charge in [0.25, 0.3) is 0 Å². The number of rotatable bonds is 2. The quantitative estimate of drug-likeness (QED) is 0.552. The van der Waals surface area contributed by atoms with Crippen molar-refractivity contribution in [3.63, 3.8) is 0 Å². The van der Waals surface area contributed by atoms with Crippen molar-refractivity contribution < 1.29 is 4.79 Å². The molecule has 1 rings (SSSR count). The summed E-state index contributed by atoms with van der Waals surface area (Å²) < 4.78 is 0. The van der Waals surface area contributed by atoms with Crippen LogP contribution < -0.4 is 10.6 Å². The molecule has 2 N–H and O–H groups in total. The molecule has 13 heavy (non-hydrogen) atoms. The predicted octanol–water partition coefficient (Wildman–Crippen LogP) is 1.54. The monoisotopic (exact) mass is 178 g/mol. The van der Waals surface area contributed by atoms with Gasteiger partial charge in [-0.05, 0) is 25.1 Å². The maximum atomic E-state index is 11.2. The fourth-order valence-electron chi connectivity index (χ4n) is 1.22. The third-order valence-corrected chi connectivity index (χ3v) is 1.88. The van der Waals surface area contributed by atoms with Crippen LogP contribution in [0.15, 0.2) is 18.2 Å². The number of nitrogens with two attached hydrogens (primary N) is 1. The lowest BCUT2D eigenvalue weighted by atomic mass is 10.1. The van der Waals surface area contributed by atoms with Crippen LogP contribution in [0.3, 0.4) is 0 Å². The van der Waals surface area contributed by atoms with E-state index in [0.29, 0.717) is 11.3 Å². The Hall–Kier alpha value is -1.51. The summed E-state index contributed by atoms with van der Waals surface area (Å²) in [5.74, 6) is 0.0590. The zero-order valence-electron chi connectivity index (χ0n) is 8.16. The van der Waals surface area contributed by atoms with Crippen molar-refractivity contribution in [2.45, 2.75) is 6.92 Å². The van der Waals surface area contributed by atoms with E-state index in [0.717, 1.165) is 5.69 Å². The first-order chi connectivity index (χ1) is 6.02. The lowest BCUT2D eigenvalue weighted by Crippen LogP contribution is -2.13. The number of ketones is 1. The van der Waals surface area contributed by atoms with Crippen molar-refractivity contribution in [2.75, 3.05) is 24.7 Å². The highest BCUT2D eigenvalue weighted by molar-refractivity contribution is 6.00. The lowest BCUT2D eigenvalue weighted by Gasteiger charge is -2.16. The number of nitrogen functional groups attached to an aromatic ring is 1. The molecule has 0 aliphatic heterocycles. The summed E-state index contributed by atoms with van der Waals surface area (Å²) >= 11 is 0. The van der Waals surface area contributed by atoms with Gasteiger partial charge in [-0.2, -0.15) is 0 Å². The van der Waals surface area contributed by atoms with E-state index in [1.807, 2.05) is 19.0 Å². The molecular formula is C10H14N2O. The molecule has 0 aromatic heterocycles. The van der Waals surface area contributed by atoms with Crippen molar-refractivity contribution >= 4 is 17.2 Å². The molecule has 0 heterocycles. The standard InChI is InChI=1S/C10H14N2O/c1-7(13)9-5-4-8(11)6-10(9)12(2)3/h4-6H,11H2,1-3H3. The first-order valence-electron chi connectivity index (χ1n) is 4.10. The van der Waals surface area contributed by atoms with Gasteiger partial charge >= 0.3 is 0 Å². The normalized spacial score (nSPS) is 9.77. The second-order valence-corrected chi connectivity index (χ2v) is 3.23. The predicted molar refractivity (Wildman–Crippen MR) is 55.2 cm³/mol. The molecule has 0 saturated heterocycles. The molecule has 1 aromatic carbocycles. The number of hydrogen-bond donors (Lipinski definition) is 1. The van der Waals surface area contributed by atoms with E-state index in [4.69, 9.17) is 5.73 Å². The van der Waals surface area contributed by atoms with Gasteiger partial charge in [0.1, 0.15) is 0 Å². The first kappa shape index (κ1) is 9.58. The molecule has 0 spiro atoms. The molecule has 0 amide bonds. The van der Waals surface area contributed by atoms with Crippen LogP contribution in [0.1, 0.15) is 17.3 Å². The van der Waals surface area contributed by atoms with Crippen LogP contribution in [-0.4, -0.2) is 19.9 Å². The summed E-state index contributed by atoms with van der Waals surface area (Å²) in [7, 11) is 3.78. The Kier molecular flexibility index (Phi) is 2.56. The van der Waals surface area contributed by atoms with Gasteiger partial charge in [0.2, 0.25) is 0 Å². The Morgan fingerprint density at radius 3 is 2.46 bits per heavy atom. The fourth-order valence-corrected chi connectivity index (χ4v) is 1.22.